The van der Waals surface area contributed by atoms with Gasteiger partial charge in [0.25, 0.3) is 0 Å². The van der Waals surface area contributed by atoms with Gasteiger partial charge in [-0.3, -0.25) is 0 Å². The molecular weight excluding hydrogens is 278 g/mol. The predicted octanol–water partition coefficient (Wildman–Crippen LogP) is 4.27. The van der Waals surface area contributed by atoms with E-state index in [-0.39, 0.29) is 11.5 Å². The average Bonchev–Trinajstić information content (AvgIpc) is 2.49. The van der Waals surface area contributed by atoms with Gasteiger partial charge in [0.2, 0.25) is 0 Å². The quantitative estimate of drug-likeness (QED) is 0.854. The van der Waals surface area contributed by atoms with Gasteiger partial charge in [0.05, 0.1) is 0 Å². The Balaban J connectivity index is 1.91. The fraction of sp³-hybridized carbons (Fsp3) is 0.611. The summed E-state index contributed by atoms with van der Waals surface area (Å²) in [6.07, 6.45) is 5.28. The number of aromatic hydroxyl groups is 1. The third-order valence-electron chi connectivity index (χ3n) is 4.87. The number of benzene rings is 1. The Bertz CT molecular complexity index is 496. The van der Waals surface area contributed by atoms with E-state index >= 15 is 0 Å². The minimum atomic E-state index is -0.781. The SMILES string of the molecule is CC(C)(CCCc1ccc(O)cc1)C1CCCCN1C(=O)O. The van der Waals surface area contributed by atoms with Crippen LogP contribution in [0.15, 0.2) is 24.3 Å². The Labute approximate surface area is 132 Å². The van der Waals surface area contributed by atoms with Gasteiger partial charge in [-0.1, -0.05) is 26.0 Å². The molecule has 0 spiro atoms. The third-order valence-corrected chi connectivity index (χ3v) is 4.87. The summed E-state index contributed by atoms with van der Waals surface area (Å²) in [7, 11) is 0. The number of hydrogen-bond donors (Lipinski definition) is 2. The lowest BCUT2D eigenvalue weighted by Crippen LogP contribution is -2.50. The number of carbonyl (C=O) groups is 1. The summed E-state index contributed by atoms with van der Waals surface area (Å²) in [6, 6.07) is 7.46. The van der Waals surface area contributed by atoms with Crippen LogP contribution in [0.4, 0.5) is 4.79 Å². The highest BCUT2D eigenvalue weighted by Gasteiger charge is 2.37. The van der Waals surface area contributed by atoms with Gasteiger partial charge >= 0.3 is 6.09 Å². The third kappa shape index (κ3) is 4.15. The van der Waals surface area contributed by atoms with Gasteiger partial charge in [-0.25, -0.2) is 4.79 Å². The molecule has 1 amide bonds. The maximum atomic E-state index is 11.4. The van der Waals surface area contributed by atoms with Crippen molar-refractivity contribution in [3.63, 3.8) is 0 Å². The van der Waals surface area contributed by atoms with E-state index in [9.17, 15) is 15.0 Å². The van der Waals surface area contributed by atoms with Crippen molar-refractivity contribution >= 4 is 6.09 Å². The second-order valence-electron chi connectivity index (χ2n) is 7.00. The monoisotopic (exact) mass is 305 g/mol. The summed E-state index contributed by atoms with van der Waals surface area (Å²) in [5, 5.41) is 18.7. The molecule has 1 heterocycles. The van der Waals surface area contributed by atoms with Gasteiger partial charge < -0.3 is 15.1 Å². The molecule has 2 N–H and O–H groups in total. The highest BCUT2D eigenvalue weighted by atomic mass is 16.4. The van der Waals surface area contributed by atoms with Crippen molar-refractivity contribution in [3.05, 3.63) is 29.8 Å². The topological polar surface area (TPSA) is 60.8 Å². The summed E-state index contributed by atoms with van der Waals surface area (Å²) in [6.45, 7) is 5.05. The molecule has 0 bridgehead atoms. The maximum Gasteiger partial charge on any atom is 0.407 e. The van der Waals surface area contributed by atoms with Gasteiger partial charge in [-0.15, -0.1) is 0 Å². The first-order chi connectivity index (χ1) is 10.4. The normalized spacial score (nSPS) is 19.2. The molecule has 1 aromatic rings. The average molecular weight is 305 g/mol. The van der Waals surface area contributed by atoms with Crippen LogP contribution >= 0.6 is 0 Å². The molecule has 4 nitrogen and oxygen atoms in total. The molecule has 1 saturated heterocycles. The molecule has 1 atom stereocenters. The van der Waals surface area contributed by atoms with Crippen molar-refractivity contribution < 1.29 is 15.0 Å². The molecule has 0 radical (unpaired) electrons. The molecule has 2 rings (SSSR count). The van der Waals surface area contributed by atoms with Gasteiger partial charge in [0, 0.05) is 12.6 Å². The van der Waals surface area contributed by atoms with Gasteiger partial charge in [-0.2, -0.15) is 0 Å². The predicted molar refractivity (Wildman–Crippen MR) is 87.2 cm³/mol. The van der Waals surface area contributed by atoms with Gasteiger partial charge in [0.1, 0.15) is 5.75 Å². The van der Waals surface area contributed by atoms with Crippen molar-refractivity contribution in [1.82, 2.24) is 4.90 Å². The van der Waals surface area contributed by atoms with Gasteiger partial charge in [-0.05, 0) is 61.6 Å². The largest absolute Gasteiger partial charge is 0.508 e. The van der Waals surface area contributed by atoms with E-state index in [0.29, 0.717) is 12.3 Å². The van der Waals surface area contributed by atoms with Crippen LogP contribution in [0.25, 0.3) is 0 Å². The van der Waals surface area contributed by atoms with E-state index < -0.39 is 6.09 Å². The molecule has 1 aromatic carbocycles. The van der Waals surface area contributed by atoms with Crippen LogP contribution in [0, 0.1) is 5.41 Å². The van der Waals surface area contributed by atoms with Crippen molar-refractivity contribution in [3.8, 4) is 5.75 Å². The first-order valence-electron chi connectivity index (χ1n) is 8.17. The van der Waals surface area contributed by atoms with E-state index in [1.54, 1.807) is 17.0 Å². The maximum absolute atomic E-state index is 11.4. The van der Waals surface area contributed by atoms with Gasteiger partial charge in [0.15, 0.2) is 0 Å². The number of piperidine rings is 1. The van der Waals surface area contributed by atoms with Crippen LogP contribution in [-0.2, 0) is 6.42 Å². The fourth-order valence-electron chi connectivity index (χ4n) is 3.55. The number of likely N-dealkylation sites (tertiary alicyclic amines) is 1. The molecule has 1 aliphatic heterocycles. The Morgan fingerprint density at radius 3 is 2.59 bits per heavy atom. The number of phenols is 1. The molecule has 1 fully saturated rings. The van der Waals surface area contributed by atoms with Crippen LogP contribution in [0.3, 0.4) is 0 Å². The number of phenolic OH excluding ortho intramolecular Hbond substituents is 1. The molecule has 0 aromatic heterocycles. The van der Waals surface area contributed by atoms with E-state index in [2.05, 4.69) is 13.8 Å². The van der Waals surface area contributed by atoms with Crippen LogP contribution < -0.4 is 0 Å². The molecule has 0 saturated carbocycles. The first kappa shape index (κ1) is 16.7. The molecule has 1 unspecified atom stereocenters. The number of rotatable bonds is 5. The summed E-state index contributed by atoms with van der Waals surface area (Å²) < 4.78 is 0. The highest BCUT2D eigenvalue weighted by molar-refractivity contribution is 5.65. The zero-order valence-electron chi connectivity index (χ0n) is 13.6. The van der Waals surface area contributed by atoms with Crippen molar-refractivity contribution in [2.45, 2.75) is 58.4 Å². The second kappa shape index (κ2) is 7.03. The lowest BCUT2D eigenvalue weighted by Gasteiger charge is -2.44. The Morgan fingerprint density at radius 2 is 1.95 bits per heavy atom. The lowest BCUT2D eigenvalue weighted by atomic mass is 9.75. The number of hydrogen-bond acceptors (Lipinski definition) is 2. The summed E-state index contributed by atoms with van der Waals surface area (Å²) in [4.78, 5) is 13.1. The molecular formula is C18H27NO3. The first-order valence-corrected chi connectivity index (χ1v) is 8.17. The van der Waals surface area contributed by atoms with Crippen LogP contribution in [0.5, 0.6) is 5.75 Å². The van der Waals surface area contributed by atoms with Crippen molar-refractivity contribution in [2.75, 3.05) is 6.54 Å². The second-order valence-corrected chi connectivity index (χ2v) is 7.00. The molecule has 0 aliphatic carbocycles. The van der Waals surface area contributed by atoms with Crippen molar-refractivity contribution in [1.29, 1.82) is 0 Å². The molecule has 4 heteroatoms. The Hall–Kier alpha value is -1.71. The molecule has 1 aliphatic rings. The zero-order valence-corrected chi connectivity index (χ0v) is 13.6. The standard InChI is InChI=1S/C18H27NO3/c1-18(2,16-7-3-4-13-19(16)17(21)22)12-5-6-14-8-10-15(20)11-9-14/h8-11,16,20H,3-7,12-13H2,1-2H3,(H,21,22). The zero-order chi connectivity index (χ0) is 16.2. The van der Waals surface area contributed by atoms with E-state index in [1.807, 2.05) is 12.1 Å². The number of amides is 1. The van der Waals surface area contributed by atoms with E-state index in [1.165, 1.54) is 5.56 Å². The van der Waals surface area contributed by atoms with E-state index in [0.717, 1.165) is 38.5 Å². The number of aryl methyl sites for hydroxylation is 1. The Kier molecular flexibility index (Phi) is 5.33. The lowest BCUT2D eigenvalue weighted by molar-refractivity contribution is 0.0469. The number of nitrogens with zero attached hydrogens (tertiary/aromatic N) is 1. The van der Waals surface area contributed by atoms with Crippen LogP contribution in [0.2, 0.25) is 0 Å². The summed E-state index contributed by atoms with van der Waals surface area (Å²) in [5.74, 6) is 0.295. The minimum absolute atomic E-state index is 0.00424. The smallest absolute Gasteiger partial charge is 0.407 e. The van der Waals surface area contributed by atoms with Crippen molar-refractivity contribution in [2.24, 2.45) is 5.41 Å². The van der Waals surface area contributed by atoms with E-state index in [4.69, 9.17) is 0 Å². The highest BCUT2D eigenvalue weighted by Crippen LogP contribution is 2.36. The molecule has 122 valence electrons. The fourth-order valence-corrected chi connectivity index (χ4v) is 3.55. The summed E-state index contributed by atoms with van der Waals surface area (Å²) in [5.41, 5.74) is 1.21. The minimum Gasteiger partial charge on any atom is -0.508 e. The van der Waals surface area contributed by atoms with Crippen LogP contribution in [0.1, 0.15) is 51.5 Å². The van der Waals surface area contributed by atoms with Crippen LogP contribution in [-0.4, -0.2) is 33.8 Å². The molecule has 22 heavy (non-hydrogen) atoms. The Morgan fingerprint density at radius 1 is 1.27 bits per heavy atom. The number of carboxylic acid groups (broad SMARTS) is 1. The summed E-state index contributed by atoms with van der Waals surface area (Å²) >= 11 is 0.